The van der Waals surface area contributed by atoms with Gasteiger partial charge in [-0.15, -0.1) is 24.0 Å². The molecule has 0 aliphatic heterocycles. The van der Waals surface area contributed by atoms with Crippen LogP contribution in [0.5, 0.6) is 5.75 Å². The van der Waals surface area contributed by atoms with Gasteiger partial charge in [-0.2, -0.15) is 0 Å². The average Bonchev–Trinajstić information content (AvgIpc) is 2.42. The Kier molecular flexibility index (Phi) is 8.36. The van der Waals surface area contributed by atoms with Crippen molar-refractivity contribution in [2.24, 2.45) is 10.7 Å². The van der Waals surface area contributed by atoms with Gasteiger partial charge in [0.25, 0.3) is 5.69 Å². The number of nitrogens with zero attached hydrogens (tertiary/aromatic N) is 2. The lowest BCUT2D eigenvalue weighted by Gasteiger charge is -2.08. The minimum atomic E-state index is -0.463. The molecule has 0 saturated heterocycles. The summed E-state index contributed by atoms with van der Waals surface area (Å²) < 4.78 is 5.14. The summed E-state index contributed by atoms with van der Waals surface area (Å²) in [6.07, 6.45) is 0. The highest BCUT2D eigenvalue weighted by Crippen LogP contribution is 2.24. The number of hydrogen-bond donors (Lipinski definition) is 2. The fourth-order valence-electron chi connectivity index (χ4n) is 1.47. The third-order valence-corrected chi connectivity index (χ3v) is 2.47. The van der Waals surface area contributed by atoms with Gasteiger partial charge in [0.1, 0.15) is 5.75 Å². The zero-order valence-corrected chi connectivity index (χ0v) is 14.3. The van der Waals surface area contributed by atoms with Crippen molar-refractivity contribution in [3.05, 3.63) is 46.0 Å². The number of rotatable bonds is 6. The Labute approximate surface area is 140 Å². The van der Waals surface area contributed by atoms with E-state index in [-0.39, 0.29) is 42.2 Å². The van der Waals surface area contributed by atoms with Crippen LogP contribution in [0.25, 0.3) is 0 Å². The molecule has 0 amide bonds. The largest absolute Gasteiger partial charge is 0.496 e. The lowest BCUT2D eigenvalue weighted by atomic mass is 10.2. The van der Waals surface area contributed by atoms with E-state index in [0.29, 0.717) is 17.9 Å². The van der Waals surface area contributed by atoms with Gasteiger partial charge in [-0.1, -0.05) is 12.2 Å². The van der Waals surface area contributed by atoms with Crippen LogP contribution in [-0.2, 0) is 6.54 Å². The van der Waals surface area contributed by atoms with Crippen LogP contribution in [0.1, 0.15) is 12.5 Å². The number of aliphatic imine (C=N–C) groups is 1. The Bertz CT molecular complexity index is 546. The number of ether oxygens (including phenoxy) is 1. The average molecular weight is 406 g/mol. The van der Waals surface area contributed by atoms with Crippen LogP contribution in [-0.4, -0.2) is 24.5 Å². The lowest BCUT2D eigenvalue weighted by Crippen LogP contribution is -2.32. The summed E-state index contributed by atoms with van der Waals surface area (Å²) in [7, 11) is 1.50. The Balaban J connectivity index is 0.00000400. The molecule has 0 atom stereocenters. The fourth-order valence-corrected chi connectivity index (χ4v) is 1.47. The molecule has 0 unspecified atom stereocenters. The summed E-state index contributed by atoms with van der Waals surface area (Å²) in [6.45, 7) is 6.32. The second-order valence-electron chi connectivity index (χ2n) is 4.27. The molecule has 0 heterocycles. The third kappa shape index (κ3) is 6.43. The number of hydrogen-bond acceptors (Lipinski definition) is 4. The van der Waals surface area contributed by atoms with E-state index in [0.717, 1.165) is 5.57 Å². The van der Waals surface area contributed by atoms with Gasteiger partial charge < -0.3 is 15.8 Å². The molecule has 0 spiro atoms. The third-order valence-electron chi connectivity index (χ3n) is 2.47. The maximum Gasteiger partial charge on any atom is 0.270 e. The van der Waals surface area contributed by atoms with Crippen molar-refractivity contribution in [1.29, 1.82) is 0 Å². The van der Waals surface area contributed by atoms with Gasteiger partial charge in [-0.3, -0.25) is 10.1 Å². The molecule has 1 aromatic carbocycles. The first kappa shape index (κ1) is 19.2. The fraction of sp³-hybridized carbons (Fsp3) is 0.308. The number of benzene rings is 1. The summed E-state index contributed by atoms with van der Waals surface area (Å²) in [5, 5.41) is 13.6. The zero-order valence-electron chi connectivity index (χ0n) is 12.0. The maximum absolute atomic E-state index is 10.8. The number of nitro benzene ring substituents is 1. The quantitative estimate of drug-likeness (QED) is 0.188. The molecule has 0 bridgehead atoms. The summed E-state index contributed by atoms with van der Waals surface area (Å²) in [4.78, 5) is 14.4. The Morgan fingerprint density at radius 2 is 2.24 bits per heavy atom. The molecule has 1 aromatic rings. The van der Waals surface area contributed by atoms with Crippen LogP contribution in [0.3, 0.4) is 0 Å². The molecule has 0 fully saturated rings. The van der Waals surface area contributed by atoms with Crippen molar-refractivity contribution < 1.29 is 9.66 Å². The number of nitrogens with one attached hydrogen (secondary N) is 1. The van der Waals surface area contributed by atoms with Gasteiger partial charge in [0.05, 0.1) is 18.6 Å². The number of non-ortho nitro benzene ring substituents is 1. The number of halogens is 1. The van der Waals surface area contributed by atoms with E-state index in [4.69, 9.17) is 10.5 Å². The van der Waals surface area contributed by atoms with E-state index in [1.807, 2.05) is 6.92 Å². The van der Waals surface area contributed by atoms with Crippen LogP contribution >= 0.6 is 24.0 Å². The predicted octanol–water partition coefficient (Wildman–Crippen LogP) is 2.20. The SMILES string of the molecule is C=C(C)CNC(N)=NCc1cc([N+](=O)[O-])ccc1OC.I. The smallest absolute Gasteiger partial charge is 0.270 e. The van der Waals surface area contributed by atoms with Crippen LogP contribution in [0.2, 0.25) is 0 Å². The number of guanidine groups is 1. The first-order valence-electron chi connectivity index (χ1n) is 5.93. The summed E-state index contributed by atoms with van der Waals surface area (Å²) in [5.74, 6) is 0.786. The van der Waals surface area contributed by atoms with Crippen LogP contribution in [0.4, 0.5) is 5.69 Å². The minimum Gasteiger partial charge on any atom is -0.496 e. The van der Waals surface area contributed by atoms with Crippen molar-refractivity contribution in [2.45, 2.75) is 13.5 Å². The van der Waals surface area contributed by atoms with Crippen LogP contribution < -0.4 is 15.8 Å². The Morgan fingerprint density at radius 3 is 2.76 bits per heavy atom. The molecule has 8 heteroatoms. The predicted molar refractivity (Wildman–Crippen MR) is 93.2 cm³/mol. The maximum atomic E-state index is 10.8. The molecule has 0 aliphatic carbocycles. The van der Waals surface area contributed by atoms with Crippen LogP contribution in [0.15, 0.2) is 35.3 Å². The second kappa shape index (κ2) is 9.16. The monoisotopic (exact) mass is 406 g/mol. The summed E-state index contributed by atoms with van der Waals surface area (Å²) >= 11 is 0. The molecule has 3 N–H and O–H groups in total. The Morgan fingerprint density at radius 1 is 1.57 bits per heavy atom. The molecular weight excluding hydrogens is 387 g/mol. The van der Waals surface area contributed by atoms with Crippen LogP contribution in [0, 0.1) is 10.1 Å². The Hall–Kier alpha value is -1.84. The van der Waals surface area contributed by atoms with E-state index in [1.165, 1.54) is 19.2 Å². The molecule has 7 nitrogen and oxygen atoms in total. The molecule has 0 saturated carbocycles. The summed E-state index contributed by atoms with van der Waals surface area (Å²) in [6, 6.07) is 4.35. The molecule has 0 aliphatic rings. The van der Waals surface area contributed by atoms with Crippen molar-refractivity contribution in [3.8, 4) is 5.75 Å². The van der Waals surface area contributed by atoms with Crippen molar-refractivity contribution in [3.63, 3.8) is 0 Å². The highest BCUT2D eigenvalue weighted by molar-refractivity contribution is 14.0. The first-order valence-corrected chi connectivity index (χ1v) is 5.93. The van der Waals surface area contributed by atoms with E-state index in [1.54, 1.807) is 6.07 Å². The van der Waals surface area contributed by atoms with Gasteiger partial charge in [0.2, 0.25) is 0 Å². The molecule has 0 radical (unpaired) electrons. The number of nitro groups is 1. The molecule has 21 heavy (non-hydrogen) atoms. The standard InChI is InChI=1S/C13H18N4O3.HI/c1-9(2)7-15-13(14)16-8-10-6-11(17(18)19)4-5-12(10)20-3;/h4-6H,1,7-8H2,2-3H3,(H3,14,15,16);1H. The molecule has 1 rings (SSSR count). The van der Waals surface area contributed by atoms with Gasteiger partial charge in [-0.25, -0.2) is 4.99 Å². The highest BCUT2D eigenvalue weighted by Gasteiger charge is 2.10. The van der Waals surface area contributed by atoms with Crippen molar-refractivity contribution in [1.82, 2.24) is 5.32 Å². The zero-order chi connectivity index (χ0) is 15.1. The van der Waals surface area contributed by atoms with E-state index in [2.05, 4.69) is 16.9 Å². The van der Waals surface area contributed by atoms with Gasteiger partial charge >= 0.3 is 0 Å². The molecular formula is C13H19IN4O3. The van der Waals surface area contributed by atoms with Gasteiger partial charge in [-0.05, 0) is 13.0 Å². The second-order valence-corrected chi connectivity index (χ2v) is 4.27. The van der Waals surface area contributed by atoms with Crippen molar-refractivity contribution in [2.75, 3.05) is 13.7 Å². The number of nitrogens with two attached hydrogens (primary N) is 1. The van der Waals surface area contributed by atoms with E-state index >= 15 is 0 Å². The van der Waals surface area contributed by atoms with Gasteiger partial charge in [0.15, 0.2) is 5.96 Å². The van der Waals surface area contributed by atoms with Crippen molar-refractivity contribution >= 4 is 35.6 Å². The lowest BCUT2D eigenvalue weighted by molar-refractivity contribution is -0.384. The number of methoxy groups -OCH3 is 1. The summed E-state index contributed by atoms with van der Waals surface area (Å²) in [5.41, 5.74) is 7.20. The molecule has 116 valence electrons. The van der Waals surface area contributed by atoms with E-state index < -0.39 is 4.92 Å². The topological polar surface area (TPSA) is 103 Å². The highest BCUT2D eigenvalue weighted by atomic mass is 127. The minimum absolute atomic E-state index is 0. The van der Waals surface area contributed by atoms with Gasteiger partial charge in [0, 0.05) is 24.2 Å². The normalized spacial score (nSPS) is 10.5. The molecule has 0 aromatic heterocycles. The van der Waals surface area contributed by atoms with E-state index in [9.17, 15) is 10.1 Å². The first-order chi connectivity index (χ1) is 9.43.